The summed E-state index contributed by atoms with van der Waals surface area (Å²) in [6.45, 7) is 1.92. The number of urea groups is 1. The standard InChI is InChI=1S/C18H25BrN4O3/c1-12-9-13(19)7-8-15(12)21-16(24)10-23(2)11-17(25)22-18(26)20-14-5-3-4-6-14/h7-9,14H,3-6,10-11H2,1-2H3,(H,21,24)(H2,20,22,25,26). The Hall–Kier alpha value is -1.93. The van der Waals surface area contributed by atoms with Gasteiger partial charge in [-0.25, -0.2) is 4.79 Å². The van der Waals surface area contributed by atoms with Crippen LogP contribution in [0, 0.1) is 6.92 Å². The van der Waals surface area contributed by atoms with Crippen LogP contribution < -0.4 is 16.0 Å². The lowest BCUT2D eigenvalue weighted by Crippen LogP contribution is -2.47. The molecule has 1 aromatic carbocycles. The van der Waals surface area contributed by atoms with Crippen molar-refractivity contribution in [1.29, 1.82) is 0 Å². The van der Waals surface area contributed by atoms with Gasteiger partial charge in [-0.05, 0) is 50.6 Å². The summed E-state index contributed by atoms with van der Waals surface area (Å²) >= 11 is 3.38. The Morgan fingerprint density at radius 2 is 1.81 bits per heavy atom. The molecule has 0 bridgehead atoms. The third-order valence-electron chi connectivity index (χ3n) is 4.23. The molecule has 1 aromatic rings. The lowest BCUT2D eigenvalue weighted by Gasteiger charge is -2.17. The number of hydrogen-bond acceptors (Lipinski definition) is 4. The number of nitrogens with zero attached hydrogens (tertiary/aromatic N) is 1. The second kappa shape index (κ2) is 9.68. The van der Waals surface area contributed by atoms with E-state index in [0.717, 1.165) is 41.4 Å². The highest BCUT2D eigenvalue weighted by Crippen LogP contribution is 2.20. The number of halogens is 1. The van der Waals surface area contributed by atoms with Crippen molar-refractivity contribution < 1.29 is 14.4 Å². The van der Waals surface area contributed by atoms with Gasteiger partial charge in [0.15, 0.2) is 0 Å². The molecular weight excluding hydrogens is 400 g/mol. The lowest BCUT2D eigenvalue weighted by atomic mass is 10.2. The van der Waals surface area contributed by atoms with E-state index in [1.807, 2.05) is 25.1 Å². The van der Waals surface area contributed by atoms with Crippen molar-refractivity contribution in [1.82, 2.24) is 15.5 Å². The number of rotatable bonds is 6. The van der Waals surface area contributed by atoms with Gasteiger partial charge in [0.1, 0.15) is 0 Å². The molecule has 1 saturated carbocycles. The van der Waals surface area contributed by atoms with E-state index < -0.39 is 11.9 Å². The molecule has 1 aliphatic rings. The molecule has 0 aromatic heterocycles. The third-order valence-corrected chi connectivity index (χ3v) is 4.73. The first-order valence-corrected chi connectivity index (χ1v) is 9.47. The summed E-state index contributed by atoms with van der Waals surface area (Å²) in [6.07, 6.45) is 4.12. The Bertz CT molecular complexity index is 674. The number of hydrogen-bond donors (Lipinski definition) is 3. The first kappa shape index (κ1) is 20.4. The van der Waals surface area contributed by atoms with Crippen molar-refractivity contribution >= 4 is 39.5 Å². The van der Waals surface area contributed by atoms with Gasteiger partial charge in [0, 0.05) is 16.2 Å². The fraction of sp³-hybridized carbons (Fsp3) is 0.500. The summed E-state index contributed by atoms with van der Waals surface area (Å²) in [7, 11) is 1.66. The molecule has 8 heteroatoms. The monoisotopic (exact) mass is 424 g/mol. The van der Waals surface area contributed by atoms with Crippen LogP contribution in [0.2, 0.25) is 0 Å². The van der Waals surface area contributed by atoms with Gasteiger partial charge in [-0.15, -0.1) is 0 Å². The zero-order valence-corrected chi connectivity index (χ0v) is 16.7. The van der Waals surface area contributed by atoms with Crippen LogP contribution in [0.3, 0.4) is 0 Å². The summed E-state index contributed by atoms with van der Waals surface area (Å²) in [5, 5.41) is 7.92. The molecule has 0 atom stereocenters. The largest absolute Gasteiger partial charge is 0.335 e. The molecular formula is C18H25BrN4O3. The molecule has 0 saturated heterocycles. The number of benzene rings is 1. The molecule has 1 fully saturated rings. The average Bonchev–Trinajstić information content (AvgIpc) is 3.02. The van der Waals surface area contributed by atoms with Crippen molar-refractivity contribution in [2.75, 3.05) is 25.5 Å². The molecule has 0 aliphatic heterocycles. The number of carbonyl (C=O) groups is 3. The smallest absolute Gasteiger partial charge is 0.321 e. The van der Waals surface area contributed by atoms with E-state index in [-0.39, 0.29) is 25.0 Å². The van der Waals surface area contributed by atoms with E-state index in [1.54, 1.807) is 11.9 Å². The maximum Gasteiger partial charge on any atom is 0.321 e. The molecule has 0 radical (unpaired) electrons. The number of imide groups is 1. The van der Waals surface area contributed by atoms with E-state index >= 15 is 0 Å². The molecule has 142 valence electrons. The van der Waals surface area contributed by atoms with Crippen LogP contribution >= 0.6 is 15.9 Å². The zero-order chi connectivity index (χ0) is 19.1. The summed E-state index contributed by atoms with van der Waals surface area (Å²) in [5.41, 5.74) is 1.67. The maximum absolute atomic E-state index is 12.1. The molecule has 4 amide bonds. The van der Waals surface area contributed by atoms with E-state index in [9.17, 15) is 14.4 Å². The number of amides is 4. The summed E-state index contributed by atoms with van der Waals surface area (Å²) in [4.78, 5) is 37.4. The van der Waals surface area contributed by atoms with Crippen LogP contribution in [0.1, 0.15) is 31.2 Å². The van der Waals surface area contributed by atoms with Gasteiger partial charge in [0.25, 0.3) is 0 Å². The number of carbonyl (C=O) groups excluding carboxylic acids is 3. The Kier molecular flexibility index (Phi) is 7.59. The summed E-state index contributed by atoms with van der Waals surface area (Å²) in [6, 6.07) is 5.27. The molecule has 26 heavy (non-hydrogen) atoms. The van der Waals surface area contributed by atoms with Crippen LogP contribution in [0.25, 0.3) is 0 Å². The molecule has 1 aliphatic carbocycles. The minimum absolute atomic E-state index is 0.0369. The highest BCUT2D eigenvalue weighted by Gasteiger charge is 2.19. The average molecular weight is 425 g/mol. The van der Waals surface area contributed by atoms with Gasteiger partial charge in [-0.3, -0.25) is 19.8 Å². The normalized spacial score (nSPS) is 14.3. The molecule has 3 N–H and O–H groups in total. The van der Waals surface area contributed by atoms with Gasteiger partial charge in [0.05, 0.1) is 13.1 Å². The molecule has 2 rings (SSSR count). The van der Waals surface area contributed by atoms with E-state index in [1.165, 1.54) is 0 Å². The van der Waals surface area contributed by atoms with Crippen LogP contribution in [0.15, 0.2) is 22.7 Å². The first-order chi connectivity index (χ1) is 12.3. The van der Waals surface area contributed by atoms with Gasteiger partial charge >= 0.3 is 6.03 Å². The number of nitrogens with one attached hydrogen (secondary N) is 3. The lowest BCUT2D eigenvalue weighted by molar-refractivity contribution is -0.122. The van der Waals surface area contributed by atoms with Crippen LogP contribution in [0.4, 0.5) is 10.5 Å². The second-order valence-corrected chi connectivity index (χ2v) is 7.60. The van der Waals surface area contributed by atoms with Crippen molar-refractivity contribution in [3.63, 3.8) is 0 Å². The Balaban J connectivity index is 1.72. The third kappa shape index (κ3) is 6.76. The van der Waals surface area contributed by atoms with Crippen LogP contribution in [-0.4, -0.2) is 48.9 Å². The van der Waals surface area contributed by atoms with E-state index in [4.69, 9.17) is 0 Å². The zero-order valence-electron chi connectivity index (χ0n) is 15.1. The van der Waals surface area contributed by atoms with Gasteiger partial charge in [-0.2, -0.15) is 0 Å². The topological polar surface area (TPSA) is 90.5 Å². The highest BCUT2D eigenvalue weighted by atomic mass is 79.9. The highest BCUT2D eigenvalue weighted by molar-refractivity contribution is 9.10. The summed E-state index contributed by atoms with van der Waals surface area (Å²) < 4.78 is 0.942. The Labute approximate surface area is 162 Å². The van der Waals surface area contributed by atoms with Crippen LogP contribution in [-0.2, 0) is 9.59 Å². The van der Waals surface area contributed by atoms with E-state index in [2.05, 4.69) is 31.9 Å². The maximum atomic E-state index is 12.1. The fourth-order valence-electron chi connectivity index (χ4n) is 2.96. The number of anilines is 1. The predicted molar refractivity (Wildman–Crippen MR) is 104 cm³/mol. The van der Waals surface area contributed by atoms with Gasteiger partial charge in [-0.1, -0.05) is 28.8 Å². The predicted octanol–water partition coefficient (Wildman–Crippen LogP) is 2.40. The van der Waals surface area contributed by atoms with Crippen molar-refractivity contribution in [2.24, 2.45) is 0 Å². The first-order valence-electron chi connectivity index (χ1n) is 8.68. The fourth-order valence-corrected chi connectivity index (χ4v) is 3.44. The van der Waals surface area contributed by atoms with Crippen molar-refractivity contribution in [3.05, 3.63) is 28.2 Å². The molecule has 7 nitrogen and oxygen atoms in total. The molecule has 0 heterocycles. The Morgan fingerprint density at radius 1 is 1.15 bits per heavy atom. The van der Waals surface area contributed by atoms with Crippen molar-refractivity contribution in [3.8, 4) is 0 Å². The van der Waals surface area contributed by atoms with Crippen LogP contribution in [0.5, 0.6) is 0 Å². The van der Waals surface area contributed by atoms with Gasteiger partial charge in [0.2, 0.25) is 11.8 Å². The molecule has 0 unspecified atom stereocenters. The quantitative estimate of drug-likeness (QED) is 0.653. The molecule has 0 spiro atoms. The van der Waals surface area contributed by atoms with E-state index in [0.29, 0.717) is 0 Å². The number of likely N-dealkylation sites (N-methyl/N-ethyl adjacent to an activating group) is 1. The van der Waals surface area contributed by atoms with Crippen molar-refractivity contribution in [2.45, 2.75) is 38.6 Å². The van der Waals surface area contributed by atoms with Gasteiger partial charge < -0.3 is 10.6 Å². The second-order valence-electron chi connectivity index (χ2n) is 6.68. The minimum Gasteiger partial charge on any atom is -0.335 e. The Morgan fingerprint density at radius 3 is 2.46 bits per heavy atom. The number of aryl methyl sites for hydroxylation is 1. The minimum atomic E-state index is -0.467. The SMILES string of the molecule is Cc1cc(Br)ccc1NC(=O)CN(C)CC(=O)NC(=O)NC1CCCC1. The summed E-state index contributed by atoms with van der Waals surface area (Å²) in [5.74, 6) is -0.656.